The van der Waals surface area contributed by atoms with Crippen LogP contribution < -0.4 is 5.73 Å². The van der Waals surface area contributed by atoms with E-state index < -0.39 is 17.7 Å². The van der Waals surface area contributed by atoms with E-state index in [-0.39, 0.29) is 5.75 Å². The van der Waals surface area contributed by atoms with Crippen LogP contribution in [0.2, 0.25) is 5.02 Å². The fourth-order valence-electron chi connectivity index (χ4n) is 3.41. The first-order chi connectivity index (χ1) is 10.3. The van der Waals surface area contributed by atoms with Crippen LogP contribution in [0.5, 0.6) is 5.75 Å². The normalized spacial score (nSPS) is 27.0. The first kappa shape index (κ1) is 15.3. The Morgan fingerprint density at radius 3 is 2.41 bits per heavy atom. The summed E-state index contributed by atoms with van der Waals surface area (Å²) in [6.45, 7) is 3.58. The number of hydrogen-bond donors (Lipinski definition) is 4. The number of aliphatic hydroxyl groups excluding tert-OH is 1. The second kappa shape index (κ2) is 4.96. The van der Waals surface area contributed by atoms with E-state index in [1.165, 1.54) is 0 Å². The molecule has 1 aliphatic rings. The number of phenols is 1. The predicted molar refractivity (Wildman–Crippen MR) is 84.8 cm³/mol. The highest BCUT2D eigenvalue weighted by Crippen LogP contribution is 2.56. The van der Waals surface area contributed by atoms with Crippen molar-refractivity contribution in [1.29, 1.82) is 0 Å². The van der Waals surface area contributed by atoms with Crippen LogP contribution in [0.3, 0.4) is 0 Å². The van der Waals surface area contributed by atoms with Crippen molar-refractivity contribution in [3.63, 3.8) is 0 Å². The van der Waals surface area contributed by atoms with Crippen molar-refractivity contribution < 1.29 is 15.3 Å². The lowest BCUT2D eigenvalue weighted by Crippen LogP contribution is -2.39. The molecule has 0 radical (unpaired) electrons. The average Bonchev–Trinajstić information content (AvgIpc) is 2.68. The standard InChI is InChI=1S/C17H18ClNO3/c1-8-7-9(2)14(20)13-12(8)16(21)17(22,15(13)19)10-5-3-4-6-11(10)18/h3-7,15-16,20-22H,19H2,1-2H3. The fraction of sp³-hybridized carbons (Fsp3) is 0.294. The molecular weight excluding hydrogens is 302 g/mol. The number of halogens is 1. The molecule has 5 N–H and O–H groups in total. The third-order valence-corrected chi connectivity index (χ3v) is 4.89. The molecule has 0 heterocycles. The van der Waals surface area contributed by atoms with E-state index in [1.54, 1.807) is 37.3 Å². The van der Waals surface area contributed by atoms with E-state index in [2.05, 4.69) is 0 Å². The Hall–Kier alpha value is -1.59. The van der Waals surface area contributed by atoms with Crippen molar-refractivity contribution in [2.45, 2.75) is 31.6 Å². The lowest BCUT2D eigenvalue weighted by atomic mass is 9.85. The highest BCUT2D eigenvalue weighted by atomic mass is 35.5. The maximum absolute atomic E-state index is 11.2. The zero-order chi connectivity index (χ0) is 16.2. The molecule has 2 aromatic rings. The Labute approximate surface area is 133 Å². The Morgan fingerprint density at radius 1 is 1.14 bits per heavy atom. The zero-order valence-electron chi connectivity index (χ0n) is 12.3. The lowest BCUT2D eigenvalue weighted by Gasteiger charge is -2.32. The monoisotopic (exact) mass is 319 g/mol. The lowest BCUT2D eigenvalue weighted by molar-refractivity contribution is -0.0871. The minimum atomic E-state index is -1.78. The van der Waals surface area contributed by atoms with Gasteiger partial charge in [0.15, 0.2) is 0 Å². The van der Waals surface area contributed by atoms with Crippen molar-refractivity contribution in [3.8, 4) is 5.75 Å². The molecule has 3 rings (SSSR count). The number of benzene rings is 2. The Kier molecular flexibility index (Phi) is 3.45. The largest absolute Gasteiger partial charge is 0.507 e. The highest BCUT2D eigenvalue weighted by Gasteiger charge is 2.54. The number of hydrogen-bond acceptors (Lipinski definition) is 4. The van der Waals surface area contributed by atoms with E-state index in [9.17, 15) is 15.3 Å². The van der Waals surface area contributed by atoms with Gasteiger partial charge >= 0.3 is 0 Å². The van der Waals surface area contributed by atoms with Crippen molar-refractivity contribution in [1.82, 2.24) is 0 Å². The van der Waals surface area contributed by atoms with E-state index >= 15 is 0 Å². The van der Waals surface area contributed by atoms with Crippen LogP contribution in [0.15, 0.2) is 30.3 Å². The molecule has 0 fully saturated rings. The topological polar surface area (TPSA) is 86.7 Å². The van der Waals surface area contributed by atoms with Gasteiger partial charge in [-0.05, 0) is 36.6 Å². The van der Waals surface area contributed by atoms with Gasteiger partial charge in [0.2, 0.25) is 0 Å². The second-order valence-electron chi connectivity index (χ2n) is 5.87. The second-order valence-corrected chi connectivity index (χ2v) is 6.28. The van der Waals surface area contributed by atoms with E-state index in [0.717, 1.165) is 5.56 Å². The summed E-state index contributed by atoms with van der Waals surface area (Å²) in [5.74, 6) is 0.00938. The molecule has 0 aromatic heterocycles. The summed E-state index contributed by atoms with van der Waals surface area (Å²) in [5.41, 5.74) is 7.08. The number of aromatic hydroxyl groups is 1. The molecule has 22 heavy (non-hydrogen) atoms. The first-order valence-electron chi connectivity index (χ1n) is 7.04. The van der Waals surface area contributed by atoms with Gasteiger partial charge in [0.1, 0.15) is 17.5 Å². The summed E-state index contributed by atoms with van der Waals surface area (Å²) < 4.78 is 0. The van der Waals surface area contributed by atoms with Gasteiger partial charge in [0.25, 0.3) is 0 Å². The molecule has 116 valence electrons. The van der Waals surface area contributed by atoms with Gasteiger partial charge < -0.3 is 21.1 Å². The van der Waals surface area contributed by atoms with Gasteiger partial charge in [0.05, 0.1) is 6.04 Å². The minimum Gasteiger partial charge on any atom is -0.507 e. The Morgan fingerprint density at radius 2 is 1.77 bits per heavy atom. The van der Waals surface area contributed by atoms with Crippen molar-refractivity contribution in [3.05, 3.63) is 63.2 Å². The van der Waals surface area contributed by atoms with E-state index in [1.807, 2.05) is 6.92 Å². The van der Waals surface area contributed by atoms with Gasteiger partial charge in [-0.3, -0.25) is 0 Å². The summed E-state index contributed by atoms with van der Waals surface area (Å²) in [6, 6.07) is 7.52. The SMILES string of the molecule is Cc1cc(C)c2c(c1O)C(N)C(O)(c1ccccc1Cl)C2O. The molecule has 0 bridgehead atoms. The van der Waals surface area contributed by atoms with Crippen molar-refractivity contribution >= 4 is 11.6 Å². The maximum Gasteiger partial charge on any atom is 0.140 e. The van der Waals surface area contributed by atoms with Crippen LogP contribution in [0.1, 0.15) is 40.0 Å². The molecule has 1 aliphatic carbocycles. The fourth-order valence-corrected chi connectivity index (χ4v) is 3.70. The molecule has 5 heteroatoms. The molecule has 0 aliphatic heterocycles. The van der Waals surface area contributed by atoms with Crippen molar-refractivity contribution in [2.24, 2.45) is 5.73 Å². The van der Waals surface area contributed by atoms with Crippen molar-refractivity contribution in [2.75, 3.05) is 0 Å². The summed E-state index contributed by atoms with van der Waals surface area (Å²) >= 11 is 6.19. The number of fused-ring (bicyclic) bond motifs is 1. The van der Waals surface area contributed by atoms with Gasteiger partial charge in [-0.25, -0.2) is 0 Å². The number of aliphatic hydroxyl groups is 2. The van der Waals surface area contributed by atoms with E-state index in [4.69, 9.17) is 17.3 Å². The summed E-state index contributed by atoms with van der Waals surface area (Å²) in [5, 5.41) is 32.6. The zero-order valence-corrected chi connectivity index (χ0v) is 13.1. The quantitative estimate of drug-likeness (QED) is 0.650. The summed E-state index contributed by atoms with van der Waals surface area (Å²) in [4.78, 5) is 0. The van der Waals surface area contributed by atoms with Crippen LogP contribution in [0, 0.1) is 13.8 Å². The molecule has 4 nitrogen and oxygen atoms in total. The highest BCUT2D eigenvalue weighted by molar-refractivity contribution is 6.31. The van der Waals surface area contributed by atoms with Gasteiger partial charge in [-0.1, -0.05) is 35.9 Å². The first-order valence-corrected chi connectivity index (χ1v) is 7.42. The molecule has 3 unspecified atom stereocenters. The molecule has 0 saturated carbocycles. The van der Waals surface area contributed by atoms with Crippen LogP contribution in [0.25, 0.3) is 0 Å². The minimum absolute atomic E-state index is 0.00938. The third-order valence-electron chi connectivity index (χ3n) is 4.56. The Balaban J connectivity index is 2.29. The number of nitrogens with two attached hydrogens (primary N) is 1. The molecule has 0 spiro atoms. The third kappa shape index (κ3) is 1.82. The van der Waals surface area contributed by atoms with Crippen LogP contribution in [-0.4, -0.2) is 15.3 Å². The molecular formula is C17H18ClNO3. The maximum atomic E-state index is 11.2. The Bertz CT molecular complexity index is 762. The molecule has 2 aromatic carbocycles. The average molecular weight is 320 g/mol. The number of rotatable bonds is 1. The number of phenolic OH excluding ortho intramolecular Hbond substituents is 1. The van der Waals surface area contributed by atoms with E-state index in [0.29, 0.717) is 27.3 Å². The smallest absolute Gasteiger partial charge is 0.140 e. The molecule has 3 atom stereocenters. The molecule has 0 amide bonds. The van der Waals surface area contributed by atoms with Crippen LogP contribution >= 0.6 is 11.6 Å². The number of aryl methyl sites for hydroxylation is 2. The van der Waals surface area contributed by atoms with Crippen LogP contribution in [-0.2, 0) is 5.60 Å². The van der Waals surface area contributed by atoms with Gasteiger partial charge in [-0.15, -0.1) is 0 Å². The predicted octanol–water partition coefficient (Wildman–Crippen LogP) is 2.60. The molecule has 0 saturated heterocycles. The van der Waals surface area contributed by atoms with Gasteiger partial charge in [-0.2, -0.15) is 0 Å². The summed E-state index contributed by atoms with van der Waals surface area (Å²) in [6.07, 6.45) is -1.26. The van der Waals surface area contributed by atoms with Gasteiger partial charge in [0, 0.05) is 16.1 Å². The summed E-state index contributed by atoms with van der Waals surface area (Å²) in [7, 11) is 0. The van der Waals surface area contributed by atoms with Crippen LogP contribution in [0.4, 0.5) is 0 Å².